The van der Waals surface area contributed by atoms with Gasteiger partial charge in [-0.05, 0) is 0 Å². The van der Waals surface area contributed by atoms with E-state index in [1.54, 1.807) is 0 Å². The summed E-state index contributed by atoms with van der Waals surface area (Å²) in [5.74, 6) is 0. The molecule has 0 spiro atoms. The zero-order valence-corrected chi connectivity index (χ0v) is 14.4. The predicted molar refractivity (Wildman–Crippen MR) is 5.75 cm³/mol. The molecule has 0 rings (SSSR count). The van der Waals surface area contributed by atoms with E-state index >= 15 is 0 Å². The molecular weight excluding hydrogens is 374 g/mol. The van der Waals surface area contributed by atoms with Crippen LogP contribution in [0.15, 0.2) is 0 Å². The van der Waals surface area contributed by atoms with Gasteiger partial charge in [-0.25, -0.2) is 0 Å². The second-order valence-corrected chi connectivity index (χ2v) is 0. The molecule has 0 N–H and O–H groups in total. The average molecular weight is 374 g/mol. The predicted octanol–water partition coefficient (Wildman–Crippen LogP) is -0.388. The van der Waals surface area contributed by atoms with Gasteiger partial charge in [-0.15, -0.1) is 0 Å². The van der Waals surface area contributed by atoms with Crippen molar-refractivity contribution in [1.29, 1.82) is 0 Å². The number of rotatable bonds is 0. The van der Waals surface area contributed by atoms with Crippen LogP contribution in [0.3, 0.4) is 0 Å². The number of hydrogen-bond donors (Lipinski definition) is 0. The van der Waals surface area contributed by atoms with Gasteiger partial charge in [0.15, 0.2) is 0 Å². The molecule has 0 nitrogen and oxygen atoms in total. The third-order valence-electron chi connectivity index (χ3n) is 0. The Morgan fingerprint density at radius 2 is 1.00 bits per heavy atom. The van der Waals surface area contributed by atoms with Crippen LogP contribution in [0, 0.1) is 41.7 Å². The minimum atomic E-state index is 0. The van der Waals surface area contributed by atoms with Crippen LogP contribution in [0.4, 0.5) is 0 Å². The second-order valence-electron chi connectivity index (χ2n) is 0. The van der Waals surface area contributed by atoms with Gasteiger partial charge in [-0.2, -0.15) is 0 Å². The van der Waals surface area contributed by atoms with Gasteiger partial charge in [0.2, 0.25) is 0 Å². The Balaban J connectivity index is 0. The maximum absolute atomic E-state index is 0. The van der Waals surface area contributed by atoms with Gasteiger partial charge < -0.3 is 0 Å². The Hall–Kier alpha value is 4.39. The first-order valence-corrected chi connectivity index (χ1v) is 0. The van der Waals surface area contributed by atoms with Crippen molar-refractivity contribution in [2.24, 2.45) is 0 Å². The van der Waals surface area contributed by atoms with Crippen LogP contribution >= 0.6 is 0 Å². The van der Waals surface area contributed by atoms with E-state index in [0.29, 0.717) is 0 Å². The molecule has 5 heteroatoms. The first kappa shape index (κ1) is 34.3. The molecule has 0 saturated heterocycles. The summed E-state index contributed by atoms with van der Waals surface area (Å²) in [6.07, 6.45) is 0. The van der Waals surface area contributed by atoms with E-state index in [0.717, 1.165) is 0 Å². The first-order valence-electron chi connectivity index (χ1n) is 0. The van der Waals surface area contributed by atoms with Crippen molar-refractivity contribution < 1.29 is 111 Å². The van der Waals surface area contributed by atoms with Gasteiger partial charge in [0.25, 0.3) is 0 Å². The molecule has 0 aromatic heterocycles. The molecular formula is CeMgMnYZn. The van der Waals surface area contributed by atoms with Gasteiger partial charge in [0.1, 0.15) is 0 Å². The van der Waals surface area contributed by atoms with Gasteiger partial charge >= 0.3 is 0 Å². The standard InChI is InChI=1S/Ce.Mg.Mn.Y.Zn. The Bertz CT molecular complexity index is 11.6. The van der Waals surface area contributed by atoms with Crippen LogP contribution in [0.25, 0.3) is 0 Å². The van der Waals surface area contributed by atoms with Crippen LogP contribution in [0.1, 0.15) is 0 Å². The molecule has 0 bridgehead atoms. The van der Waals surface area contributed by atoms with E-state index in [9.17, 15) is 0 Å². The van der Waals surface area contributed by atoms with Crippen molar-refractivity contribution in [3.8, 4) is 0 Å². The summed E-state index contributed by atoms with van der Waals surface area (Å²) in [6, 6.07) is 0. The van der Waals surface area contributed by atoms with Crippen LogP contribution in [0.2, 0.25) is 0 Å². The molecule has 0 aromatic carbocycles. The SMILES string of the molecule is [Ce].[Mg].[Mn].[Y].[Zn]. The molecule has 0 aliphatic rings. The number of hydrogen-bond acceptors (Lipinski definition) is 0. The largest absolute Gasteiger partial charge is 0 e. The van der Waals surface area contributed by atoms with Crippen molar-refractivity contribution in [2.75, 3.05) is 0 Å². The van der Waals surface area contributed by atoms with Crippen molar-refractivity contribution in [3.63, 3.8) is 0 Å². The molecule has 0 atom stereocenters. The van der Waals surface area contributed by atoms with E-state index in [1.165, 1.54) is 0 Å². The molecule has 5 heavy (non-hydrogen) atoms. The van der Waals surface area contributed by atoms with E-state index in [2.05, 4.69) is 0 Å². The average Bonchev–Trinajstić information content (AvgIpc) is 0. The van der Waals surface area contributed by atoms with Gasteiger partial charge in [0, 0.05) is 134 Å². The van der Waals surface area contributed by atoms with Crippen molar-refractivity contribution in [3.05, 3.63) is 0 Å². The van der Waals surface area contributed by atoms with Crippen LogP contribution in [-0.4, -0.2) is 23.1 Å². The molecule has 0 aromatic rings. The summed E-state index contributed by atoms with van der Waals surface area (Å²) < 4.78 is 0. The van der Waals surface area contributed by atoms with E-state index < -0.39 is 0 Å². The molecule has 0 aliphatic carbocycles. The zero-order chi connectivity index (χ0) is 0. The summed E-state index contributed by atoms with van der Waals surface area (Å²) in [7, 11) is 0. The Labute approximate surface area is 130 Å². The second kappa shape index (κ2) is 23.8. The minimum Gasteiger partial charge on any atom is 0 e. The summed E-state index contributed by atoms with van der Waals surface area (Å²) >= 11 is 0. The van der Waals surface area contributed by atoms with E-state index in [-0.39, 0.29) is 134 Å². The smallest absolute Gasteiger partial charge is 0 e. The molecule has 0 unspecified atom stereocenters. The topological polar surface area (TPSA) is 0 Å². The first-order chi connectivity index (χ1) is 0. The fraction of sp³-hybridized carbons (Fsp3) is 0. The van der Waals surface area contributed by atoms with Crippen LogP contribution < -0.4 is 0 Å². The van der Waals surface area contributed by atoms with Gasteiger partial charge in [-0.1, -0.05) is 0 Å². The minimum absolute atomic E-state index is 0. The van der Waals surface area contributed by atoms with Gasteiger partial charge in [0.05, 0.1) is 0 Å². The Morgan fingerprint density at radius 3 is 1.00 bits per heavy atom. The third kappa shape index (κ3) is 17.8. The van der Waals surface area contributed by atoms with E-state index in [4.69, 9.17) is 0 Å². The normalized spacial score (nSPS) is 0. The molecule has 0 amide bonds. The fourth-order valence-corrected chi connectivity index (χ4v) is 0. The zero-order valence-electron chi connectivity index (χ0n) is 2.87. The summed E-state index contributed by atoms with van der Waals surface area (Å²) in [6.45, 7) is 0. The molecule has 0 heterocycles. The summed E-state index contributed by atoms with van der Waals surface area (Å²) in [4.78, 5) is 0. The van der Waals surface area contributed by atoms with Crippen molar-refractivity contribution in [2.45, 2.75) is 0 Å². The van der Waals surface area contributed by atoms with Crippen molar-refractivity contribution in [1.82, 2.24) is 0 Å². The van der Waals surface area contributed by atoms with Gasteiger partial charge in [-0.3, -0.25) is 0 Å². The quantitative estimate of drug-likeness (QED) is 0.508. The maximum atomic E-state index is 0. The summed E-state index contributed by atoms with van der Waals surface area (Å²) in [5, 5.41) is 0. The Kier molecular flexibility index (Phi) is 163. The molecule has 0 aliphatic heterocycles. The third-order valence-corrected chi connectivity index (χ3v) is 0. The Morgan fingerprint density at radius 1 is 1.00 bits per heavy atom. The van der Waals surface area contributed by atoms with E-state index in [1.807, 2.05) is 0 Å². The fourth-order valence-electron chi connectivity index (χ4n) is 0. The molecule has 0 fully saturated rings. The molecule has 4 radical (unpaired) electrons. The molecule has 18 valence electrons. The maximum Gasteiger partial charge on any atom is 0 e. The summed E-state index contributed by atoms with van der Waals surface area (Å²) in [5.41, 5.74) is 0. The van der Waals surface area contributed by atoms with Crippen molar-refractivity contribution >= 4 is 23.1 Å². The van der Waals surface area contributed by atoms with Crippen LogP contribution in [-0.2, 0) is 69.3 Å². The molecule has 0 saturated carbocycles. The van der Waals surface area contributed by atoms with Crippen LogP contribution in [0.5, 0.6) is 0 Å². The monoisotopic (exact) mass is 372 g/mol.